The Balaban J connectivity index is 1.66. The van der Waals surface area contributed by atoms with E-state index in [1.807, 2.05) is 24.3 Å². The van der Waals surface area contributed by atoms with Gasteiger partial charge in [-0.15, -0.1) is 5.10 Å². The summed E-state index contributed by atoms with van der Waals surface area (Å²) in [6.07, 6.45) is 1.60. The molecule has 1 N–H and O–H groups in total. The molecule has 0 saturated carbocycles. The number of aliphatic carboxylic acids is 1. The summed E-state index contributed by atoms with van der Waals surface area (Å²) in [4.78, 5) is 25.0. The number of hydrogen-bond donors (Lipinski definition) is 1. The minimum Gasteiger partial charge on any atom is -0.481 e. The number of carboxylic acid groups (broad SMARTS) is 1. The van der Waals surface area contributed by atoms with Crippen molar-refractivity contribution in [3.63, 3.8) is 0 Å². The van der Waals surface area contributed by atoms with Crippen molar-refractivity contribution < 1.29 is 19.4 Å². The van der Waals surface area contributed by atoms with Gasteiger partial charge in [0, 0.05) is 6.54 Å². The Morgan fingerprint density at radius 1 is 1.29 bits per heavy atom. The molecule has 0 spiro atoms. The summed E-state index contributed by atoms with van der Waals surface area (Å²) in [6.45, 7) is 1.11. The monoisotopic (exact) mass is 331 g/mol. The molecule has 1 unspecified atom stereocenters. The Hall–Kier alpha value is -2.81. The maximum atomic E-state index is 12.5. The van der Waals surface area contributed by atoms with Crippen LogP contribution in [0, 0.1) is 0 Å². The molecule has 0 bridgehead atoms. The normalized spacial score (nSPS) is 17.7. The summed E-state index contributed by atoms with van der Waals surface area (Å²) >= 11 is 0. The third kappa shape index (κ3) is 3.74. The molecule has 0 aliphatic carbocycles. The molecule has 1 aliphatic rings. The molecule has 1 saturated heterocycles. The van der Waals surface area contributed by atoms with Crippen molar-refractivity contribution in [2.45, 2.75) is 18.9 Å². The fraction of sp³-hybridized carbons (Fsp3) is 0.400. The summed E-state index contributed by atoms with van der Waals surface area (Å²) in [5.41, 5.74) is 1.64. The number of aromatic nitrogens is 4. The first-order chi connectivity index (χ1) is 11.6. The number of amides is 1. The molecular weight excluding hydrogens is 314 g/mol. The van der Waals surface area contributed by atoms with Gasteiger partial charge in [0.15, 0.2) is 0 Å². The standard InChI is InChI=1S/C15H17N5O4/c21-14(19-5-6-24-9-13(19)8-15(22)23)7-11-1-3-12(4-2-11)20-10-16-17-18-20/h1-4,10,13H,5-9H2,(H,22,23). The second-order valence-corrected chi connectivity index (χ2v) is 5.51. The van der Waals surface area contributed by atoms with Gasteiger partial charge in [-0.1, -0.05) is 12.1 Å². The smallest absolute Gasteiger partial charge is 0.305 e. The van der Waals surface area contributed by atoms with E-state index in [0.29, 0.717) is 13.2 Å². The summed E-state index contributed by atoms with van der Waals surface area (Å²) < 4.78 is 6.82. The molecule has 24 heavy (non-hydrogen) atoms. The number of benzene rings is 1. The lowest BCUT2D eigenvalue weighted by molar-refractivity contribution is -0.145. The van der Waals surface area contributed by atoms with Crippen molar-refractivity contribution in [3.05, 3.63) is 36.2 Å². The van der Waals surface area contributed by atoms with Crippen molar-refractivity contribution in [3.8, 4) is 5.69 Å². The quantitative estimate of drug-likeness (QED) is 0.815. The van der Waals surface area contributed by atoms with Gasteiger partial charge in [-0.2, -0.15) is 0 Å². The molecule has 1 fully saturated rings. The van der Waals surface area contributed by atoms with E-state index in [2.05, 4.69) is 15.5 Å². The molecule has 2 heterocycles. The van der Waals surface area contributed by atoms with E-state index in [1.165, 1.54) is 11.0 Å². The van der Waals surface area contributed by atoms with Gasteiger partial charge < -0.3 is 14.7 Å². The average Bonchev–Trinajstić information content (AvgIpc) is 3.10. The number of nitrogens with zero attached hydrogens (tertiary/aromatic N) is 5. The molecule has 9 heteroatoms. The first-order valence-electron chi connectivity index (χ1n) is 7.55. The van der Waals surface area contributed by atoms with Crippen LogP contribution in [0.3, 0.4) is 0 Å². The number of carbonyl (C=O) groups excluding carboxylic acids is 1. The summed E-state index contributed by atoms with van der Waals surface area (Å²) in [6, 6.07) is 6.91. The van der Waals surface area contributed by atoms with Crippen LogP contribution in [0.25, 0.3) is 5.69 Å². The van der Waals surface area contributed by atoms with Crippen LogP contribution in [0.5, 0.6) is 0 Å². The highest BCUT2D eigenvalue weighted by Crippen LogP contribution is 2.14. The Labute approximate surface area is 137 Å². The highest BCUT2D eigenvalue weighted by atomic mass is 16.5. The third-order valence-electron chi connectivity index (χ3n) is 3.86. The van der Waals surface area contributed by atoms with Crippen LogP contribution < -0.4 is 0 Å². The van der Waals surface area contributed by atoms with Gasteiger partial charge >= 0.3 is 5.97 Å². The zero-order chi connectivity index (χ0) is 16.9. The molecule has 126 valence electrons. The van der Waals surface area contributed by atoms with E-state index >= 15 is 0 Å². The van der Waals surface area contributed by atoms with Crippen LogP contribution in [-0.2, 0) is 20.7 Å². The Morgan fingerprint density at radius 2 is 2.08 bits per heavy atom. The van der Waals surface area contributed by atoms with E-state index < -0.39 is 12.0 Å². The second kappa shape index (κ2) is 7.18. The molecule has 1 aromatic carbocycles. The molecule has 1 aromatic heterocycles. The number of rotatable bonds is 5. The van der Waals surface area contributed by atoms with Crippen molar-refractivity contribution in [1.29, 1.82) is 0 Å². The minimum absolute atomic E-state index is 0.0975. The number of ether oxygens (including phenoxy) is 1. The first-order valence-corrected chi connectivity index (χ1v) is 7.55. The van der Waals surface area contributed by atoms with Crippen LogP contribution in [0.1, 0.15) is 12.0 Å². The van der Waals surface area contributed by atoms with Crippen LogP contribution in [0.2, 0.25) is 0 Å². The SMILES string of the molecule is O=C(O)CC1COCCN1C(=O)Cc1ccc(-n2cnnn2)cc1. The summed E-state index contributed by atoms with van der Waals surface area (Å²) in [7, 11) is 0. The second-order valence-electron chi connectivity index (χ2n) is 5.51. The molecule has 1 atom stereocenters. The molecule has 0 radical (unpaired) electrons. The van der Waals surface area contributed by atoms with Crippen molar-refractivity contribution in [2.75, 3.05) is 19.8 Å². The molecule has 3 rings (SSSR count). The van der Waals surface area contributed by atoms with E-state index in [9.17, 15) is 9.59 Å². The van der Waals surface area contributed by atoms with E-state index in [-0.39, 0.29) is 25.4 Å². The Kier molecular flexibility index (Phi) is 4.80. The van der Waals surface area contributed by atoms with Crippen LogP contribution in [-0.4, -0.2) is 67.9 Å². The largest absolute Gasteiger partial charge is 0.481 e. The predicted molar refractivity (Wildman–Crippen MR) is 81.4 cm³/mol. The van der Waals surface area contributed by atoms with E-state index in [1.54, 1.807) is 4.90 Å². The fourth-order valence-corrected chi connectivity index (χ4v) is 2.68. The third-order valence-corrected chi connectivity index (χ3v) is 3.86. The van der Waals surface area contributed by atoms with Crippen molar-refractivity contribution in [1.82, 2.24) is 25.1 Å². The lowest BCUT2D eigenvalue weighted by Crippen LogP contribution is -2.50. The highest BCUT2D eigenvalue weighted by Gasteiger charge is 2.28. The molecule has 1 amide bonds. The summed E-state index contributed by atoms with van der Waals surface area (Å²) in [5.74, 6) is -1.03. The van der Waals surface area contributed by atoms with Gasteiger partial charge in [-0.05, 0) is 28.1 Å². The Bertz CT molecular complexity index is 701. The highest BCUT2D eigenvalue weighted by molar-refractivity contribution is 5.80. The van der Waals surface area contributed by atoms with Gasteiger partial charge in [-0.3, -0.25) is 9.59 Å². The number of tetrazole rings is 1. The number of carbonyl (C=O) groups is 2. The topological polar surface area (TPSA) is 110 Å². The Morgan fingerprint density at radius 3 is 2.75 bits per heavy atom. The first kappa shape index (κ1) is 16.1. The minimum atomic E-state index is -0.936. The van der Waals surface area contributed by atoms with Crippen LogP contribution in [0.15, 0.2) is 30.6 Å². The van der Waals surface area contributed by atoms with Gasteiger partial charge in [0.25, 0.3) is 0 Å². The predicted octanol–water partition coefficient (Wildman–Crippen LogP) is -0.0931. The molecule has 2 aromatic rings. The van der Waals surface area contributed by atoms with Gasteiger partial charge in [0.05, 0.1) is 37.8 Å². The van der Waals surface area contributed by atoms with Gasteiger partial charge in [-0.25, -0.2) is 4.68 Å². The maximum absolute atomic E-state index is 12.5. The summed E-state index contributed by atoms with van der Waals surface area (Å²) in [5, 5.41) is 19.9. The molecular formula is C15H17N5O4. The molecule has 1 aliphatic heterocycles. The average molecular weight is 331 g/mol. The van der Waals surface area contributed by atoms with Crippen molar-refractivity contribution in [2.24, 2.45) is 0 Å². The molecule has 9 nitrogen and oxygen atoms in total. The van der Waals surface area contributed by atoms with Crippen LogP contribution in [0.4, 0.5) is 0 Å². The maximum Gasteiger partial charge on any atom is 0.305 e. The number of carboxylic acids is 1. The van der Waals surface area contributed by atoms with Gasteiger partial charge in [0.2, 0.25) is 5.91 Å². The number of hydrogen-bond acceptors (Lipinski definition) is 6. The van der Waals surface area contributed by atoms with Crippen LogP contribution >= 0.6 is 0 Å². The van der Waals surface area contributed by atoms with E-state index in [0.717, 1.165) is 11.3 Å². The zero-order valence-corrected chi connectivity index (χ0v) is 12.9. The number of morpholine rings is 1. The van der Waals surface area contributed by atoms with E-state index in [4.69, 9.17) is 9.84 Å². The lowest BCUT2D eigenvalue weighted by atomic mass is 10.1. The zero-order valence-electron chi connectivity index (χ0n) is 12.9. The fourth-order valence-electron chi connectivity index (χ4n) is 2.68. The van der Waals surface area contributed by atoms with Crippen molar-refractivity contribution >= 4 is 11.9 Å². The lowest BCUT2D eigenvalue weighted by Gasteiger charge is -2.35. The van der Waals surface area contributed by atoms with Gasteiger partial charge in [0.1, 0.15) is 6.33 Å².